The topological polar surface area (TPSA) is 12.9 Å². The van der Waals surface area contributed by atoms with Crippen molar-refractivity contribution < 1.29 is 0 Å². The zero-order valence-electron chi connectivity index (χ0n) is 7.67. The minimum absolute atomic E-state index is 0.269. The summed E-state index contributed by atoms with van der Waals surface area (Å²) in [5, 5.41) is 1.84. The average Bonchev–Trinajstić information content (AvgIpc) is 2.16. The van der Waals surface area contributed by atoms with Gasteiger partial charge in [0, 0.05) is 10.4 Å². The maximum atomic E-state index is 5.90. The first-order valence-electron chi connectivity index (χ1n) is 4.37. The second-order valence-corrected chi connectivity index (χ2v) is 5.00. The lowest BCUT2D eigenvalue weighted by molar-refractivity contribution is 1.04. The summed E-state index contributed by atoms with van der Waals surface area (Å²) in [4.78, 5) is 4.77. The third kappa shape index (κ3) is 1.91. The molecule has 1 heterocycles. The van der Waals surface area contributed by atoms with Crippen LogP contribution >= 0.6 is 27.5 Å². The van der Waals surface area contributed by atoms with Crippen molar-refractivity contribution in [3.63, 3.8) is 0 Å². The van der Waals surface area contributed by atoms with Crippen molar-refractivity contribution in [2.24, 2.45) is 0 Å². The number of benzene rings is 1. The Kier molecular flexibility index (Phi) is 2.75. The molecule has 0 radical (unpaired) electrons. The summed E-state index contributed by atoms with van der Waals surface area (Å²) in [5.74, 6) is 0. The van der Waals surface area contributed by atoms with E-state index in [0.717, 1.165) is 21.6 Å². The molecule has 2 rings (SSSR count). The van der Waals surface area contributed by atoms with Gasteiger partial charge in [-0.15, -0.1) is 0 Å². The predicted octanol–water partition coefficient (Wildman–Crippen LogP) is 4.34. The Labute approximate surface area is 96.2 Å². The van der Waals surface area contributed by atoms with Gasteiger partial charge < -0.3 is 0 Å². The molecule has 0 amide bonds. The first-order chi connectivity index (χ1) is 6.66. The fourth-order valence-corrected chi connectivity index (χ4v) is 1.75. The molecule has 0 aliphatic carbocycles. The maximum Gasteiger partial charge on any atom is 0.0720 e. The van der Waals surface area contributed by atoms with Gasteiger partial charge in [-0.1, -0.05) is 39.7 Å². The Morgan fingerprint density at radius 1 is 1.29 bits per heavy atom. The lowest BCUT2D eigenvalue weighted by Crippen LogP contribution is -1.89. The zero-order valence-corrected chi connectivity index (χ0v) is 10.0. The molecule has 0 aliphatic rings. The Balaban J connectivity index is 2.63. The number of hydrogen-bond donors (Lipinski definition) is 0. The lowest BCUT2D eigenvalue weighted by Gasteiger charge is -2.04. The third-order valence-electron chi connectivity index (χ3n) is 2.08. The SMILES string of the molecule is CC(Br)c1ccc2ccc(Cl)cc2n1. The van der Waals surface area contributed by atoms with E-state index in [0.29, 0.717) is 0 Å². The second-order valence-electron chi connectivity index (χ2n) is 3.19. The van der Waals surface area contributed by atoms with Gasteiger partial charge in [-0.2, -0.15) is 0 Å². The van der Waals surface area contributed by atoms with Crippen LogP contribution in [0.3, 0.4) is 0 Å². The number of aromatic nitrogens is 1. The Morgan fingerprint density at radius 2 is 2.00 bits per heavy atom. The summed E-state index contributed by atoms with van der Waals surface area (Å²) in [7, 11) is 0. The summed E-state index contributed by atoms with van der Waals surface area (Å²) in [6, 6.07) is 9.83. The molecule has 0 spiro atoms. The third-order valence-corrected chi connectivity index (χ3v) is 2.79. The standard InChI is InChI=1S/C11H9BrClN/c1-7(12)10-5-3-8-2-4-9(13)6-11(8)14-10/h2-7H,1H3. The van der Waals surface area contributed by atoms with Crippen LogP contribution in [0.15, 0.2) is 30.3 Å². The van der Waals surface area contributed by atoms with E-state index in [2.05, 4.69) is 33.9 Å². The molecule has 0 bridgehead atoms. The van der Waals surface area contributed by atoms with Crippen LogP contribution in [0.2, 0.25) is 5.02 Å². The van der Waals surface area contributed by atoms with Gasteiger partial charge in [-0.25, -0.2) is 0 Å². The highest BCUT2D eigenvalue weighted by Crippen LogP contribution is 2.23. The van der Waals surface area contributed by atoms with E-state index >= 15 is 0 Å². The predicted molar refractivity (Wildman–Crippen MR) is 64.1 cm³/mol. The summed E-state index contributed by atoms with van der Waals surface area (Å²) in [6.45, 7) is 2.05. The van der Waals surface area contributed by atoms with Crippen LogP contribution in [0.5, 0.6) is 0 Å². The number of halogens is 2. The number of fused-ring (bicyclic) bond motifs is 1. The lowest BCUT2D eigenvalue weighted by atomic mass is 10.2. The van der Waals surface area contributed by atoms with Crippen molar-refractivity contribution in [1.82, 2.24) is 4.98 Å². The Morgan fingerprint density at radius 3 is 2.71 bits per heavy atom. The first kappa shape index (κ1) is 9.94. The molecule has 0 N–H and O–H groups in total. The maximum absolute atomic E-state index is 5.90. The quantitative estimate of drug-likeness (QED) is 0.702. The highest BCUT2D eigenvalue weighted by molar-refractivity contribution is 9.09. The fraction of sp³-hybridized carbons (Fsp3) is 0.182. The number of nitrogens with zero attached hydrogens (tertiary/aromatic N) is 1. The van der Waals surface area contributed by atoms with Crippen LogP contribution in [0.25, 0.3) is 10.9 Å². The summed E-state index contributed by atoms with van der Waals surface area (Å²) < 4.78 is 0. The minimum atomic E-state index is 0.269. The Bertz CT molecular complexity index is 468. The van der Waals surface area contributed by atoms with Crippen LogP contribution in [0.1, 0.15) is 17.4 Å². The van der Waals surface area contributed by atoms with E-state index in [-0.39, 0.29) is 4.83 Å². The van der Waals surface area contributed by atoms with Gasteiger partial charge in [0.2, 0.25) is 0 Å². The second kappa shape index (κ2) is 3.87. The van der Waals surface area contributed by atoms with Gasteiger partial charge in [-0.05, 0) is 25.1 Å². The molecule has 1 aromatic carbocycles. The summed E-state index contributed by atoms with van der Waals surface area (Å²) >= 11 is 9.39. The molecular weight excluding hydrogens is 261 g/mol. The van der Waals surface area contributed by atoms with Crippen LogP contribution in [-0.2, 0) is 0 Å². The first-order valence-corrected chi connectivity index (χ1v) is 5.66. The van der Waals surface area contributed by atoms with Gasteiger partial charge in [0.15, 0.2) is 0 Å². The normalized spacial score (nSPS) is 13.1. The number of alkyl halides is 1. The van der Waals surface area contributed by atoms with Crippen LogP contribution < -0.4 is 0 Å². The fourth-order valence-electron chi connectivity index (χ4n) is 1.33. The summed E-state index contributed by atoms with van der Waals surface area (Å²) in [6.07, 6.45) is 0. The van der Waals surface area contributed by atoms with Crippen molar-refractivity contribution in [1.29, 1.82) is 0 Å². The van der Waals surface area contributed by atoms with Gasteiger partial charge in [0.25, 0.3) is 0 Å². The van der Waals surface area contributed by atoms with E-state index in [1.807, 2.05) is 24.3 Å². The molecule has 0 saturated heterocycles. The van der Waals surface area contributed by atoms with Gasteiger partial charge in [-0.3, -0.25) is 4.98 Å². The molecule has 3 heteroatoms. The van der Waals surface area contributed by atoms with Crippen molar-refractivity contribution in [2.75, 3.05) is 0 Å². The smallest absolute Gasteiger partial charge is 0.0720 e. The monoisotopic (exact) mass is 269 g/mol. The molecule has 14 heavy (non-hydrogen) atoms. The van der Waals surface area contributed by atoms with Gasteiger partial charge in [0.1, 0.15) is 0 Å². The molecule has 1 nitrogen and oxygen atoms in total. The van der Waals surface area contributed by atoms with Gasteiger partial charge >= 0.3 is 0 Å². The van der Waals surface area contributed by atoms with E-state index in [1.165, 1.54) is 0 Å². The molecule has 1 unspecified atom stereocenters. The molecule has 0 aliphatic heterocycles. The molecule has 1 atom stereocenters. The van der Waals surface area contributed by atoms with E-state index in [9.17, 15) is 0 Å². The molecule has 0 fully saturated rings. The largest absolute Gasteiger partial charge is 0.252 e. The van der Waals surface area contributed by atoms with Crippen molar-refractivity contribution in [3.05, 3.63) is 41.0 Å². The molecule has 1 aromatic heterocycles. The van der Waals surface area contributed by atoms with Crippen LogP contribution in [0.4, 0.5) is 0 Å². The highest BCUT2D eigenvalue weighted by Gasteiger charge is 2.03. The van der Waals surface area contributed by atoms with E-state index in [4.69, 9.17) is 11.6 Å². The van der Waals surface area contributed by atoms with Crippen molar-refractivity contribution >= 4 is 38.4 Å². The van der Waals surface area contributed by atoms with Gasteiger partial charge in [0.05, 0.1) is 16.0 Å². The molecule has 72 valence electrons. The molecule has 0 saturated carbocycles. The summed E-state index contributed by atoms with van der Waals surface area (Å²) in [5.41, 5.74) is 1.97. The van der Waals surface area contributed by atoms with Crippen molar-refractivity contribution in [2.45, 2.75) is 11.8 Å². The Hall–Kier alpha value is -0.600. The van der Waals surface area contributed by atoms with Crippen LogP contribution in [-0.4, -0.2) is 4.98 Å². The van der Waals surface area contributed by atoms with E-state index in [1.54, 1.807) is 0 Å². The number of rotatable bonds is 1. The van der Waals surface area contributed by atoms with E-state index < -0.39 is 0 Å². The number of pyridine rings is 1. The van der Waals surface area contributed by atoms with Crippen LogP contribution in [0, 0.1) is 0 Å². The molecular formula is C11H9BrClN. The number of hydrogen-bond acceptors (Lipinski definition) is 1. The average molecular weight is 271 g/mol. The zero-order chi connectivity index (χ0) is 10.1. The van der Waals surface area contributed by atoms with Crippen molar-refractivity contribution in [3.8, 4) is 0 Å². The minimum Gasteiger partial charge on any atom is -0.252 e. The molecule has 2 aromatic rings. The highest BCUT2D eigenvalue weighted by atomic mass is 79.9.